The fourth-order valence-corrected chi connectivity index (χ4v) is 2.06. The number of morpholine rings is 1. The van der Waals surface area contributed by atoms with Crippen molar-refractivity contribution < 1.29 is 9.53 Å². The Morgan fingerprint density at radius 1 is 1.29 bits per heavy atom. The van der Waals surface area contributed by atoms with Crippen LogP contribution in [-0.2, 0) is 9.53 Å². The first-order valence-electron chi connectivity index (χ1n) is 5.48. The third-order valence-electron chi connectivity index (χ3n) is 2.89. The number of ether oxygens (including phenoxy) is 1. The zero-order valence-electron chi connectivity index (χ0n) is 8.50. The van der Waals surface area contributed by atoms with Gasteiger partial charge in [0.05, 0.1) is 13.2 Å². The molecule has 0 aromatic heterocycles. The number of hydrogen-bond donors (Lipinski definition) is 1. The Morgan fingerprint density at radius 3 is 2.71 bits per heavy atom. The Hall–Kier alpha value is -0.610. The topological polar surface area (TPSA) is 41.6 Å². The molecule has 1 unspecified atom stereocenters. The van der Waals surface area contributed by atoms with E-state index in [9.17, 15) is 4.79 Å². The number of likely N-dealkylation sites (tertiary alicyclic amines) is 1. The van der Waals surface area contributed by atoms with Crippen LogP contribution in [0.5, 0.6) is 0 Å². The predicted octanol–water partition coefficient (Wildman–Crippen LogP) is -0.0127. The van der Waals surface area contributed by atoms with Gasteiger partial charge >= 0.3 is 0 Å². The van der Waals surface area contributed by atoms with Gasteiger partial charge in [-0.05, 0) is 19.3 Å². The summed E-state index contributed by atoms with van der Waals surface area (Å²) >= 11 is 0. The molecule has 1 amide bonds. The molecule has 2 aliphatic rings. The molecule has 0 saturated carbocycles. The molecule has 1 atom stereocenters. The van der Waals surface area contributed by atoms with Crippen molar-refractivity contribution in [3.63, 3.8) is 0 Å². The molecule has 2 saturated heterocycles. The Bertz CT molecular complexity index is 176. The maximum atomic E-state index is 11.9. The highest BCUT2D eigenvalue weighted by Crippen LogP contribution is 2.10. The van der Waals surface area contributed by atoms with Crippen LogP contribution in [-0.4, -0.2) is 49.7 Å². The van der Waals surface area contributed by atoms with Crippen LogP contribution in [0.3, 0.4) is 0 Å². The summed E-state index contributed by atoms with van der Waals surface area (Å²) in [5.41, 5.74) is 0. The van der Waals surface area contributed by atoms with Crippen LogP contribution in [0.4, 0.5) is 0 Å². The average Bonchev–Trinajstić information content (AvgIpc) is 2.30. The summed E-state index contributed by atoms with van der Waals surface area (Å²) in [5.74, 6) is 0.226. The van der Waals surface area contributed by atoms with Crippen molar-refractivity contribution in [3.8, 4) is 0 Å². The van der Waals surface area contributed by atoms with Gasteiger partial charge in [-0.15, -0.1) is 0 Å². The highest BCUT2D eigenvalue weighted by Gasteiger charge is 2.26. The lowest BCUT2D eigenvalue weighted by molar-refractivity contribution is -0.137. The van der Waals surface area contributed by atoms with E-state index in [2.05, 4.69) is 5.32 Å². The number of hydrogen-bond acceptors (Lipinski definition) is 3. The summed E-state index contributed by atoms with van der Waals surface area (Å²) in [6.07, 6.45) is 3.57. The van der Waals surface area contributed by atoms with E-state index in [1.54, 1.807) is 0 Å². The molecule has 4 nitrogen and oxygen atoms in total. The zero-order valence-corrected chi connectivity index (χ0v) is 8.50. The smallest absolute Gasteiger partial charge is 0.242 e. The molecular formula is C10H18N2O2. The first-order chi connectivity index (χ1) is 6.88. The normalized spacial score (nSPS) is 28.9. The van der Waals surface area contributed by atoms with E-state index in [1.807, 2.05) is 4.90 Å². The molecule has 0 aliphatic carbocycles. The summed E-state index contributed by atoms with van der Waals surface area (Å²) in [7, 11) is 0. The number of amides is 1. The lowest BCUT2D eigenvalue weighted by Crippen LogP contribution is -2.53. The predicted molar refractivity (Wildman–Crippen MR) is 53.0 cm³/mol. The van der Waals surface area contributed by atoms with Crippen LogP contribution in [0.25, 0.3) is 0 Å². The maximum absolute atomic E-state index is 11.9. The number of carbonyl (C=O) groups is 1. The van der Waals surface area contributed by atoms with Crippen molar-refractivity contribution in [1.82, 2.24) is 10.2 Å². The number of rotatable bonds is 1. The van der Waals surface area contributed by atoms with Gasteiger partial charge in [-0.2, -0.15) is 0 Å². The third kappa shape index (κ3) is 2.25. The van der Waals surface area contributed by atoms with E-state index in [1.165, 1.54) is 6.42 Å². The second-order valence-corrected chi connectivity index (χ2v) is 3.97. The van der Waals surface area contributed by atoms with Gasteiger partial charge in [0.25, 0.3) is 0 Å². The SMILES string of the molecule is O=C(C1COCCN1)N1CCCCC1. The van der Waals surface area contributed by atoms with E-state index in [-0.39, 0.29) is 11.9 Å². The molecule has 2 rings (SSSR count). The second kappa shape index (κ2) is 4.75. The zero-order chi connectivity index (χ0) is 9.80. The Balaban J connectivity index is 1.85. The first kappa shape index (κ1) is 9.93. The third-order valence-corrected chi connectivity index (χ3v) is 2.89. The molecule has 0 spiro atoms. The van der Waals surface area contributed by atoms with Gasteiger partial charge in [0.15, 0.2) is 0 Å². The summed E-state index contributed by atoms with van der Waals surface area (Å²) in [5, 5.41) is 3.20. The molecule has 0 aromatic rings. The lowest BCUT2D eigenvalue weighted by atomic mass is 10.1. The van der Waals surface area contributed by atoms with Crippen LogP contribution >= 0.6 is 0 Å². The molecule has 2 aliphatic heterocycles. The molecule has 0 radical (unpaired) electrons. The fraction of sp³-hybridized carbons (Fsp3) is 0.900. The van der Waals surface area contributed by atoms with Gasteiger partial charge in [0.1, 0.15) is 6.04 Å². The molecule has 0 aromatic carbocycles. The second-order valence-electron chi connectivity index (χ2n) is 3.97. The van der Waals surface area contributed by atoms with Crippen molar-refractivity contribution in [2.24, 2.45) is 0 Å². The van der Waals surface area contributed by atoms with Gasteiger partial charge in [-0.3, -0.25) is 4.79 Å². The number of nitrogens with zero attached hydrogens (tertiary/aromatic N) is 1. The van der Waals surface area contributed by atoms with Crippen LogP contribution in [0.15, 0.2) is 0 Å². The molecule has 1 N–H and O–H groups in total. The van der Waals surface area contributed by atoms with Gasteiger partial charge in [-0.1, -0.05) is 0 Å². The minimum absolute atomic E-state index is 0.0955. The van der Waals surface area contributed by atoms with Crippen molar-refractivity contribution in [3.05, 3.63) is 0 Å². The van der Waals surface area contributed by atoms with E-state index in [4.69, 9.17) is 4.74 Å². The molecule has 4 heteroatoms. The summed E-state index contributed by atoms with van der Waals surface area (Å²) in [6, 6.07) is -0.0955. The molecule has 14 heavy (non-hydrogen) atoms. The van der Waals surface area contributed by atoms with E-state index in [0.717, 1.165) is 39.1 Å². The molecule has 80 valence electrons. The van der Waals surface area contributed by atoms with E-state index >= 15 is 0 Å². The highest BCUT2D eigenvalue weighted by atomic mass is 16.5. The van der Waals surface area contributed by atoms with Gasteiger partial charge in [0, 0.05) is 19.6 Å². The Morgan fingerprint density at radius 2 is 2.07 bits per heavy atom. The number of piperidine rings is 1. The minimum atomic E-state index is -0.0955. The molecule has 2 heterocycles. The van der Waals surface area contributed by atoms with Crippen LogP contribution in [0.1, 0.15) is 19.3 Å². The quantitative estimate of drug-likeness (QED) is 0.644. The molecule has 0 bridgehead atoms. The van der Waals surface area contributed by atoms with Crippen LogP contribution in [0.2, 0.25) is 0 Å². The average molecular weight is 198 g/mol. The van der Waals surface area contributed by atoms with Crippen molar-refractivity contribution in [1.29, 1.82) is 0 Å². The van der Waals surface area contributed by atoms with Crippen molar-refractivity contribution >= 4 is 5.91 Å². The largest absolute Gasteiger partial charge is 0.378 e. The van der Waals surface area contributed by atoms with Crippen molar-refractivity contribution in [2.75, 3.05) is 32.8 Å². The fourth-order valence-electron chi connectivity index (χ4n) is 2.06. The molecule has 2 fully saturated rings. The molecular weight excluding hydrogens is 180 g/mol. The highest BCUT2D eigenvalue weighted by molar-refractivity contribution is 5.82. The number of nitrogens with one attached hydrogen (secondary N) is 1. The Kier molecular flexibility index (Phi) is 3.37. The van der Waals surface area contributed by atoms with Gasteiger partial charge < -0.3 is 15.0 Å². The van der Waals surface area contributed by atoms with Crippen LogP contribution in [0, 0.1) is 0 Å². The Labute approximate surface area is 84.6 Å². The van der Waals surface area contributed by atoms with Crippen LogP contribution < -0.4 is 5.32 Å². The van der Waals surface area contributed by atoms with E-state index in [0.29, 0.717) is 6.61 Å². The van der Waals surface area contributed by atoms with E-state index < -0.39 is 0 Å². The maximum Gasteiger partial charge on any atom is 0.242 e. The van der Waals surface area contributed by atoms with Gasteiger partial charge in [-0.25, -0.2) is 0 Å². The summed E-state index contributed by atoms with van der Waals surface area (Å²) < 4.78 is 5.28. The summed E-state index contributed by atoms with van der Waals surface area (Å²) in [6.45, 7) is 3.91. The van der Waals surface area contributed by atoms with Gasteiger partial charge in [0.2, 0.25) is 5.91 Å². The monoisotopic (exact) mass is 198 g/mol. The van der Waals surface area contributed by atoms with Crippen molar-refractivity contribution in [2.45, 2.75) is 25.3 Å². The lowest BCUT2D eigenvalue weighted by Gasteiger charge is -2.32. The minimum Gasteiger partial charge on any atom is -0.378 e. The first-order valence-corrected chi connectivity index (χ1v) is 5.48. The summed E-state index contributed by atoms with van der Waals surface area (Å²) in [4.78, 5) is 13.9. The standard InChI is InChI=1S/C10H18N2O2/c13-10(9-8-14-7-4-11-9)12-5-2-1-3-6-12/h9,11H,1-8H2. The number of carbonyl (C=O) groups excluding carboxylic acids is 1.